The van der Waals surface area contributed by atoms with Gasteiger partial charge in [-0.25, -0.2) is 28.5 Å². The number of benzene rings is 2. The lowest BCUT2D eigenvalue weighted by Gasteiger charge is -2.14. The molecule has 0 aliphatic carbocycles. The molecule has 3 aromatic heterocycles. The van der Waals surface area contributed by atoms with Crippen LogP contribution >= 0.6 is 0 Å². The van der Waals surface area contributed by atoms with Crippen LogP contribution in [-0.4, -0.2) is 36.7 Å². The van der Waals surface area contributed by atoms with E-state index in [-0.39, 0.29) is 47.3 Å². The zero-order chi connectivity index (χ0) is 27.0. The smallest absolute Gasteiger partial charge is 0.360 e. The third-order valence-electron chi connectivity index (χ3n) is 6.26. The molecule has 10 nitrogen and oxygen atoms in total. The number of nitrogens with zero attached hydrogens (tertiary/aromatic N) is 5. The van der Waals surface area contributed by atoms with E-state index < -0.39 is 23.0 Å². The van der Waals surface area contributed by atoms with Gasteiger partial charge in [0.05, 0.1) is 25.7 Å². The Bertz CT molecular complexity index is 1760. The highest BCUT2D eigenvalue weighted by Crippen LogP contribution is 2.19. The van der Waals surface area contributed by atoms with Crippen molar-refractivity contribution in [3.8, 4) is 5.69 Å². The molecule has 11 heteroatoms. The Morgan fingerprint density at radius 2 is 1.82 bits per heavy atom. The Kier molecular flexibility index (Phi) is 6.50. The number of halogens is 1. The fourth-order valence-electron chi connectivity index (χ4n) is 4.20. The number of carbonyl (C=O) groups excluding carboxylic acids is 1. The summed E-state index contributed by atoms with van der Waals surface area (Å²) in [7, 11) is 1.23. The van der Waals surface area contributed by atoms with Crippen molar-refractivity contribution < 1.29 is 18.3 Å². The second-order valence-electron chi connectivity index (χ2n) is 9.01. The summed E-state index contributed by atoms with van der Waals surface area (Å²) in [4.78, 5) is 47.6. The normalized spacial score (nSPS) is 11.4. The lowest BCUT2D eigenvalue weighted by atomic mass is 10.0. The molecule has 194 valence electrons. The van der Waals surface area contributed by atoms with Crippen LogP contribution in [0.2, 0.25) is 0 Å². The van der Waals surface area contributed by atoms with Crippen molar-refractivity contribution in [2.24, 2.45) is 0 Å². The standard InChI is InChI=1S/C27H24FN5O5/c1-16(2)17-8-10-19(11-9-17)33-24-23(25(34)32(27(33)36)12-18-6-4-5-7-20(18)28)31(15-29-24)13-22-30-21(14-38-22)26(35)37-3/h4-11,14-16H,12-13H2,1-3H3. The summed E-state index contributed by atoms with van der Waals surface area (Å²) in [5, 5.41) is 0. The summed E-state index contributed by atoms with van der Waals surface area (Å²) in [6, 6.07) is 13.3. The van der Waals surface area contributed by atoms with E-state index in [1.165, 1.54) is 40.8 Å². The van der Waals surface area contributed by atoms with E-state index >= 15 is 0 Å². The van der Waals surface area contributed by atoms with Crippen molar-refractivity contribution >= 4 is 17.1 Å². The van der Waals surface area contributed by atoms with E-state index in [1.807, 2.05) is 12.1 Å². The highest BCUT2D eigenvalue weighted by molar-refractivity contribution is 5.86. The molecule has 0 aliphatic rings. The number of fused-ring (bicyclic) bond motifs is 1. The molecule has 0 fully saturated rings. The van der Waals surface area contributed by atoms with Gasteiger partial charge in [-0.05, 0) is 29.7 Å². The molecule has 0 bridgehead atoms. The number of hydrogen-bond donors (Lipinski definition) is 0. The number of rotatable bonds is 7. The molecular formula is C27H24FN5O5. The zero-order valence-electron chi connectivity index (χ0n) is 20.9. The average Bonchev–Trinajstić information content (AvgIpc) is 3.55. The molecule has 0 atom stereocenters. The molecule has 0 spiro atoms. The number of carbonyl (C=O) groups is 1. The van der Waals surface area contributed by atoms with Gasteiger partial charge in [0.2, 0.25) is 5.89 Å². The minimum Gasteiger partial charge on any atom is -0.464 e. The van der Waals surface area contributed by atoms with Crippen molar-refractivity contribution in [1.82, 2.24) is 23.7 Å². The maximum absolute atomic E-state index is 14.5. The Morgan fingerprint density at radius 1 is 1.08 bits per heavy atom. The molecule has 0 radical (unpaired) electrons. The number of aromatic nitrogens is 5. The van der Waals surface area contributed by atoms with Crippen LogP contribution in [-0.2, 0) is 17.8 Å². The summed E-state index contributed by atoms with van der Waals surface area (Å²) in [6.45, 7) is 3.79. The minimum atomic E-state index is -0.665. The van der Waals surface area contributed by atoms with E-state index in [0.717, 1.165) is 16.4 Å². The van der Waals surface area contributed by atoms with Crippen molar-refractivity contribution in [3.63, 3.8) is 0 Å². The van der Waals surface area contributed by atoms with Gasteiger partial charge in [-0.3, -0.25) is 9.36 Å². The number of ether oxygens (including phenoxy) is 1. The fraction of sp³-hybridized carbons (Fsp3) is 0.222. The first-order valence-corrected chi connectivity index (χ1v) is 11.9. The van der Waals surface area contributed by atoms with Crippen molar-refractivity contribution in [2.45, 2.75) is 32.9 Å². The Morgan fingerprint density at radius 3 is 2.50 bits per heavy atom. The summed E-state index contributed by atoms with van der Waals surface area (Å²) in [6.07, 6.45) is 2.54. The van der Waals surface area contributed by atoms with Gasteiger partial charge in [-0.2, -0.15) is 0 Å². The van der Waals surface area contributed by atoms with Gasteiger partial charge < -0.3 is 13.7 Å². The molecule has 5 rings (SSSR count). The van der Waals surface area contributed by atoms with E-state index in [1.54, 1.807) is 18.2 Å². The monoisotopic (exact) mass is 517 g/mol. The Hall–Kier alpha value is -4.80. The quantitative estimate of drug-likeness (QED) is 0.304. The molecule has 2 aromatic carbocycles. The van der Waals surface area contributed by atoms with Crippen LogP contribution in [0.25, 0.3) is 16.9 Å². The highest BCUT2D eigenvalue weighted by Gasteiger charge is 2.22. The first kappa shape index (κ1) is 24.9. The molecule has 0 N–H and O–H groups in total. The molecule has 0 unspecified atom stereocenters. The number of oxazole rings is 1. The summed E-state index contributed by atoms with van der Waals surface area (Å²) >= 11 is 0. The molecule has 5 aromatic rings. The van der Waals surface area contributed by atoms with Crippen LogP contribution in [0.15, 0.2) is 75.1 Å². The largest absolute Gasteiger partial charge is 0.464 e. The van der Waals surface area contributed by atoms with E-state index in [4.69, 9.17) is 4.42 Å². The van der Waals surface area contributed by atoms with Crippen molar-refractivity contribution in [1.29, 1.82) is 0 Å². The second-order valence-corrected chi connectivity index (χ2v) is 9.01. The van der Waals surface area contributed by atoms with Crippen LogP contribution in [0.3, 0.4) is 0 Å². The first-order valence-electron chi connectivity index (χ1n) is 11.9. The van der Waals surface area contributed by atoms with Gasteiger partial charge in [0.15, 0.2) is 16.9 Å². The van der Waals surface area contributed by atoms with E-state index in [2.05, 4.69) is 28.6 Å². The maximum atomic E-state index is 14.5. The van der Waals surface area contributed by atoms with E-state index in [9.17, 15) is 18.8 Å². The number of methoxy groups -OCH3 is 1. The van der Waals surface area contributed by atoms with Gasteiger partial charge in [0, 0.05) is 5.56 Å². The molecule has 3 heterocycles. The van der Waals surface area contributed by atoms with Crippen LogP contribution in [0.1, 0.15) is 47.3 Å². The van der Waals surface area contributed by atoms with Crippen LogP contribution < -0.4 is 11.2 Å². The predicted molar refractivity (Wildman–Crippen MR) is 136 cm³/mol. The third kappa shape index (κ3) is 4.42. The third-order valence-corrected chi connectivity index (χ3v) is 6.26. The van der Waals surface area contributed by atoms with Crippen LogP contribution in [0, 0.1) is 5.82 Å². The highest BCUT2D eigenvalue weighted by atomic mass is 19.1. The summed E-state index contributed by atoms with van der Waals surface area (Å²) in [5.74, 6) is -0.786. The molecule has 38 heavy (non-hydrogen) atoms. The van der Waals surface area contributed by atoms with Gasteiger partial charge in [-0.15, -0.1) is 0 Å². The maximum Gasteiger partial charge on any atom is 0.360 e. The number of esters is 1. The predicted octanol–water partition coefficient (Wildman–Crippen LogP) is 3.48. The molecule has 0 amide bonds. The zero-order valence-corrected chi connectivity index (χ0v) is 20.9. The molecule has 0 saturated heterocycles. The number of imidazole rings is 1. The van der Waals surface area contributed by atoms with Gasteiger partial charge in [0.25, 0.3) is 5.56 Å². The minimum absolute atomic E-state index is 0.0222. The SMILES string of the molecule is COC(=O)c1coc(Cn2cnc3c2c(=O)n(Cc2ccccc2F)c(=O)n3-c2ccc(C(C)C)cc2)n1. The number of hydrogen-bond acceptors (Lipinski definition) is 7. The van der Waals surface area contributed by atoms with Gasteiger partial charge >= 0.3 is 11.7 Å². The topological polar surface area (TPSA) is 114 Å². The second kappa shape index (κ2) is 9.92. The Labute approximate surface area is 215 Å². The van der Waals surface area contributed by atoms with Crippen LogP contribution in [0.4, 0.5) is 4.39 Å². The average molecular weight is 518 g/mol. The lowest BCUT2D eigenvalue weighted by Crippen LogP contribution is -2.40. The van der Waals surface area contributed by atoms with Crippen molar-refractivity contribution in [2.75, 3.05) is 7.11 Å². The molecular weight excluding hydrogens is 493 g/mol. The summed E-state index contributed by atoms with van der Waals surface area (Å²) in [5.41, 5.74) is 0.654. The molecule has 0 saturated carbocycles. The summed E-state index contributed by atoms with van der Waals surface area (Å²) < 4.78 is 28.3. The fourth-order valence-corrected chi connectivity index (χ4v) is 4.20. The lowest BCUT2D eigenvalue weighted by molar-refractivity contribution is 0.0594. The molecule has 0 aliphatic heterocycles. The Balaban J connectivity index is 1.70. The van der Waals surface area contributed by atoms with E-state index in [0.29, 0.717) is 5.69 Å². The van der Waals surface area contributed by atoms with Gasteiger partial charge in [0.1, 0.15) is 18.6 Å². The van der Waals surface area contributed by atoms with Crippen LogP contribution in [0.5, 0.6) is 0 Å². The first-order chi connectivity index (χ1) is 18.3. The van der Waals surface area contributed by atoms with Crippen molar-refractivity contribution in [3.05, 3.63) is 110 Å². The van der Waals surface area contributed by atoms with Gasteiger partial charge in [-0.1, -0.05) is 44.2 Å².